The standard InChI is InChI=1S/C21H25NO3/c1-16(25-20-9-5-6-17(14-20)15-23)21(24)22-12-10-19(11-13-22)18-7-3-2-4-8-18/h2-9,14,16,19,23H,10-13,15H2,1H3/t16-/m0/s1. The summed E-state index contributed by atoms with van der Waals surface area (Å²) in [6, 6.07) is 17.7. The second-order valence-electron chi connectivity index (χ2n) is 6.58. The maximum Gasteiger partial charge on any atom is 0.263 e. The number of amides is 1. The van der Waals surface area contributed by atoms with Crippen molar-refractivity contribution < 1.29 is 14.6 Å². The van der Waals surface area contributed by atoms with Crippen LogP contribution in [-0.2, 0) is 11.4 Å². The van der Waals surface area contributed by atoms with Gasteiger partial charge in [0.1, 0.15) is 5.75 Å². The zero-order valence-corrected chi connectivity index (χ0v) is 14.6. The van der Waals surface area contributed by atoms with Crippen molar-refractivity contribution in [3.05, 3.63) is 65.7 Å². The number of hydrogen-bond acceptors (Lipinski definition) is 3. The highest BCUT2D eigenvalue weighted by molar-refractivity contribution is 5.81. The van der Waals surface area contributed by atoms with Crippen LogP contribution >= 0.6 is 0 Å². The maximum atomic E-state index is 12.7. The highest BCUT2D eigenvalue weighted by Crippen LogP contribution is 2.28. The number of ether oxygens (including phenoxy) is 1. The zero-order valence-electron chi connectivity index (χ0n) is 14.6. The van der Waals surface area contributed by atoms with Crippen LogP contribution in [-0.4, -0.2) is 35.1 Å². The Morgan fingerprint density at radius 1 is 1.16 bits per heavy atom. The molecule has 1 heterocycles. The minimum atomic E-state index is -0.526. The molecule has 0 unspecified atom stereocenters. The van der Waals surface area contributed by atoms with E-state index in [1.807, 2.05) is 29.2 Å². The number of rotatable bonds is 5. The van der Waals surface area contributed by atoms with Gasteiger partial charge >= 0.3 is 0 Å². The van der Waals surface area contributed by atoms with Gasteiger partial charge in [0.05, 0.1) is 6.61 Å². The Morgan fingerprint density at radius 2 is 1.88 bits per heavy atom. The van der Waals surface area contributed by atoms with E-state index in [2.05, 4.69) is 24.3 Å². The van der Waals surface area contributed by atoms with Gasteiger partial charge in [-0.3, -0.25) is 4.79 Å². The molecule has 132 valence electrons. The normalized spacial score (nSPS) is 16.5. The van der Waals surface area contributed by atoms with E-state index in [1.165, 1.54) is 5.56 Å². The molecular formula is C21H25NO3. The van der Waals surface area contributed by atoms with Gasteiger partial charge in [-0.1, -0.05) is 42.5 Å². The zero-order chi connectivity index (χ0) is 17.6. The van der Waals surface area contributed by atoms with E-state index in [1.54, 1.807) is 13.0 Å². The van der Waals surface area contributed by atoms with Crippen LogP contribution in [0.1, 0.15) is 36.8 Å². The third kappa shape index (κ3) is 4.40. The Bertz CT molecular complexity index is 693. The Morgan fingerprint density at radius 3 is 2.56 bits per heavy atom. The lowest BCUT2D eigenvalue weighted by atomic mass is 9.89. The van der Waals surface area contributed by atoms with Gasteiger partial charge in [0.25, 0.3) is 5.91 Å². The van der Waals surface area contributed by atoms with Crippen LogP contribution in [0, 0.1) is 0 Å². The molecule has 4 heteroatoms. The lowest BCUT2D eigenvalue weighted by Crippen LogP contribution is -2.44. The lowest BCUT2D eigenvalue weighted by Gasteiger charge is -2.33. The van der Waals surface area contributed by atoms with Gasteiger partial charge in [0.15, 0.2) is 6.10 Å². The van der Waals surface area contributed by atoms with Gasteiger partial charge in [0, 0.05) is 13.1 Å². The summed E-state index contributed by atoms with van der Waals surface area (Å²) in [5.41, 5.74) is 2.14. The molecule has 1 atom stereocenters. The topological polar surface area (TPSA) is 49.8 Å². The first-order chi connectivity index (χ1) is 12.2. The molecule has 0 aliphatic carbocycles. The highest BCUT2D eigenvalue weighted by atomic mass is 16.5. The first-order valence-electron chi connectivity index (χ1n) is 8.87. The van der Waals surface area contributed by atoms with Gasteiger partial charge in [0.2, 0.25) is 0 Å². The Hall–Kier alpha value is -2.33. The van der Waals surface area contributed by atoms with Crippen LogP contribution in [0.15, 0.2) is 54.6 Å². The van der Waals surface area contributed by atoms with Gasteiger partial charge in [-0.2, -0.15) is 0 Å². The first-order valence-corrected chi connectivity index (χ1v) is 8.87. The van der Waals surface area contributed by atoms with Crippen molar-refractivity contribution >= 4 is 5.91 Å². The summed E-state index contributed by atoms with van der Waals surface area (Å²) in [5.74, 6) is 1.18. The molecule has 1 fully saturated rings. The molecule has 1 saturated heterocycles. The number of benzene rings is 2. The third-order valence-corrected chi connectivity index (χ3v) is 4.82. The first kappa shape index (κ1) is 17.5. The van der Waals surface area contributed by atoms with Gasteiger partial charge in [-0.15, -0.1) is 0 Å². The van der Waals surface area contributed by atoms with Crippen LogP contribution in [0.25, 0.3) is 0 Å². The van der Waals surface area contributed by atoms with E-state index in [-0.39, 0.29) is 12.5 Å². The van der Waals surface area contributed by atoms with Gasteiger partial charge in [-0.25, -0.2) is 0 Å². The average Bonchev–Trinajstić information content (AvgIpc) is 2.68. The summed E-state index contributed by atoms with van der Waals surface area (Å²) >= 11 is 0. The molecule has 1 aliphatic rings. The number of carbonyl (C=O) groups excluding carboxylic acids is 1. The van der Waals surface area contributed by atoms with E-state index in [0.717, 1.165) is 31.5 Å². The molecule has 0 bridgehead atoms. The molecule has 0 radical (unpaired) electrons. The van der Waals surface area contributed by atoms with Crippen molar-refractivity contribution in [3.63, 3.8) is 0 Å². The highest BCUT2D eigenvalue weighted by Gasteiger charge is 2.27. The second-order valence-corrected chi connectivity index (χ2v) is 6.58. The number of aliphatic hydroxyl groups is 1. The molecule has 1 aliphatic heterocycles. The van der Waals surface area contributed by atoms with Gasteiger partial charge < -0.3 is 14.7 Å². The van der Waals surface area contributed by atoms with Crippen molar-refractivity contribution in [3.8, 4) is 5.75 Å². The average molecular weight is 339 g/mol. The van der Waals surface area contributed by atoms with Crippen LogP contribution in [0.4, 0.5) is 0 Å². The van der Waals surface area contributed by atoms with E-state index in [4.69, 9.17) is 4.74 Å². The van der Waals surface area contributed by atoms with Crippen LogP contribution in [0.3, 0.4) is 0 Å². The summed E-state index contributed by atoms with van der Waals surface area (Å²) < 4.78 is 5.78. The summed E-state index contributed by atoms with van der Waals surface area (Å²) in [4.78, 5) is 14.6. The quantitative estimate of drug-likeness (QED) is 0.909. The largest absolute Gasteiger partial charge is 0.481 e. The minimum Gasteiger partial charge on any atom is -0.481 e. The third-order valence-electron chi connectivity index (χ3n) is 4.82. The van der Waals surface area contributed by atoms with Crippen LogP contribution in [0.5, 0.6) is 5.75 Å². The second kappa shape index (κ2) is 8.17. The summed E-state index contributed by atoms with van der Waals surface area (Å²) in [5, 5.41) is 9.20. The van der Waals surface area contributed by atoms with Gasteiger partial charge in [-0.05, 0) is 48.9 Å². The summed E-state index contributed by atoms with van der Waals surface area (Å²) in [6.07, 6.45) is 1.45. The maximum absolute atomic E-state index is 12.7. The fourth-order valence-electron chi connectivity index (χ4n) is 3.39. The fourth-order valence-corrected chi connectivity index (χ4v) is 3.39. The molecule has 1 N–H and O–H groups in total. The van der Waals surface area contributed by atoms with E-state index in [9.17, 15) is 9.90 Å². The van der Waals surface area contributed by atoms with E-state index in [0.29, 0.717) is 11.7 Å². The molecule has 0 spiro atoms. The van der Waals surface area contributed by atoms with Crippen molar-refractivity contribution in [2.75, 3.05) is 13.1 Å². The predicted octanol–water partition coefficient (Wildman–Crippen LogP) is 3.35. The molecule has 0 saturated carbocycles. The predicted molar refractivity (Wildman–Crippen MR) is 97.5 cm³/mol. The summed E-state index contributed by atoms with van der Waals surface area (Å²) in [7, 11) is 0. The molecule has 2 aromatic rings. The molecule has 1 amide bonds. The number of carbonyl (C=O) groups is 1. The Kier molecular flexibility index (Phi) is 5.71. The SMILES string of the molecule is C[C@H](Oc1cccc(CO)c1)C(=O)N1CCC(c2ccccc2)CC1. The van der Waals surface area contributed by atoms with Crippen LogP contribution < -0.4 is 4.74 Å². The Labute approximate surface area is 149 Å². The molecule has 25 heavy (non-hydrogen) atoms. The van der Waals surface area contributed by atoms with Crippen molar-refractivity contribution in [2.24, 2.45) is 0 Å². The number of nitrogens with zero attached hydrogens (tertiary/aromatic N) is 1. The minimum absolute atomic E-state index is 0.0286. The number of likely N-dealkylation sites (tertiary alicyclic amines) is 1. The Balaban J connectivity index is 1.54. The van der Waals surface area contributed by atoms with E-state index < -0.39 is 6.10 Å². The fraction of sp³-hybridized carbons (Fsp3) is 0.381. The van der Waals surface area contributed by atoms with E-state index >= 15 is 0 Å². The monoisotopic (exact) mass is 339 g/mol. The van der Waals surface area contributed by atoms with Crippen molar-refractivity contribution in [1.29, 1.82) is 0 Å². The summed E-state index contributed by atoms with van der Waals surface area (Å²) in [6.45, 7) is 3.29. The number of hydrogen-bond donors (Lipinski definition) is 1. The van der Waals surface area contributed by atoms with Crippen molar-refractivity contribution in [2.45, 2.75) is 38.4 Å². The lowest BCUT2D eigenvalue weighted by molar-refractivity contribution is -0.139. The molecule has 0 aromatic heterocycles. The number of piperidine rings is 1. The molecule has 3 rings (SSSR count). The molecule has 2 aromatic carbocycles. The molecular weight excluding hydrogens is 314 g/mol. The van der Waals surface area contributed by atoms with Crippen molar-refractivity contribution in [1.82, 2.24) is 4.90 Å². The number of aliphatic hydroxyl groups excluding tert-OH is 1. The van der Waals surface area contributed by atoms with Crippen LogP contribution in [0.2, 0.25) is 0 Å². The molecule has 4 nitrogen and oxygen atoms in total. The smallest absolute Gasteiger partial charge is 0.263 e.